The van der Waals surface area contributed by atoms with Gasteiger partial charge in [0.1, 0.15) is 5.54 Å². The van der Waals surface area contributed by atoms with Crippen molar-refractivity contribution >= 4 is 17.2 Å². The molecule has 2 unspecified atom stereocenters. The zero-order chi connectivity index (χ0) is 31.4. The minimum Gasteiger partial charge on any atom is -0.397 e. The Morgan fingerprint density at radius 2 is 1.20 bits per heavy atom. The van der Waals surface area contributed by atoms with Crippen molar-refractivity contribution in [2.45, 2.75) is 25.8 Å². The molecule has 0 aliphatic carbocycles. The Morgan fingerprint density at radius 3 is 1.71 bits per heavy atom. The lowest BCUT2D eigenvalue weighted by Gasteiger charge is -2.41. The largest absolute Gasteiger partial charge is 0.397 e. The van der Waals surface area contributed by atoms with E-state index in [-0.39, 0.29) is 0 Å². The fraction of sp³-hybridized carbons (Fsp3) is 0.205. The van der Waals surface area contributed by atoms with Crippen LogP contribution in [0.1, 0.15) is 42.5 Å². The summed E-state index contributed by atoms with van der Waals surface area (Å²) >= 11 is 0. The van der Waals surface area contributed by atoms with Crippen molar-refractivity contribution in [1.82, 2.24) is 5.12 Å². The number of benzene rings is 5. The van der Waals surface area contributed by atoms with E-state index in [1.807, 2.05) is 78.9 Å². The summed E-state index contributed by atoms with van der Waals surface area (Å²) in [5, 5.41) is 6.44. The summed E-state index contributed by atoms with van der Waals surface area (Å²) in [7, 11) is 0. The van der Waals surface area contributed by atoms with E-state index < -0.39 is 5.54 Å². The highest BCUT2D eigenvalue weighted by Gasteiger charge is 2.41. The van der Waals surface area contributed by atoms with Gasteiger partial charge in [-0.05, 0) is 58.2 Å². The molecule has 1 fully saturated rings. The molecular weight excluding hydrogens is 552 g/mol. The topological polar surface area (TPSA) is 96.9 Å². The van der Waals surface area contributed by atoms with Crippen LogP contribution >= 0.6 is 0 Å². The van der Waals surface area contributed by atoms with Gasteiger partial charge in [-0.3, -0.25) is 0 Å². The van der Waals surface area contributed by atoms with Gasteiger partial charge in [-0.2, -0.15) is 0 Å². The molecule has 1 saturated heterocycles. The molecule has 228 valence electrons. The van der Waals surface area contributed by atoms with Crippen LogP contribution in [0.2, 0.25) is 0 Å². The fourth-order valence-corrected chi connectivity index (χ4v) is 7.01. The molecule has 5 aromatic carbocycles. The molecule has 0 aromatic heterocycles. The SMILES string of the molecule is CC1CC(C)CN(c2ccc(-c3ccccc3/C(N)=N/N(N)C(c3ccccc3)(c3ccccc3)c3ccccc3)cc2N)C1. The summed E-state index contributed by atoms with van der Waals surface area (Å²) in [6.45, 7) is 6.66. The number of hydrogen-bond donors (Lipinski definition) is 3. The van der Waals surface area contributed by atoms with E-state index in [9.17, 15) is 0 Å². The lowest BCUT2D eigenvalue weighted by atomic mass is 9.77. The van der Waals surface area contributed by atoms with Crippen LogP contribution in [0.15, 0.2) is 139 Å². The predicted octanol–water partition coefficient (Wildman–Crippen LogP) is 7.21. The van der Waals surface area contributed by atoms with Crippen LogP contribution in [0.25, 0.3) is 11.1 Å². The van der Waals surface area contributed by atoms with Gasteiger partial charge >= 0.3 is 0 Å². The Balaban J connectivity index is 1.43. The van der Waals surface area contributed by atoms with Crippen molar-refractivity contribution in [2.75, 3.05) is 23.7 Å². The number of nitrogens with zero attached hydrogens (tertiary/aromatic N) is 3. The van der Waals surface area contributed by atoms with Gasteiger partial charge in [-0.25, -0.2) is 11.0 Å². The molecule has 2 atom stereocenters. The van der Waals surface area contributed by atoms with Gasteiger partial charge in [-0.1, -0.05) is 135 Å². The van der Waals surface area contributed by atoms with Crippen LogP contribution in [-0.2, 0) is 5.54 Å². The first-order chi connectivity index (χ1) is 21.9. The molecule has 6 nitrogen and oxygen atoms in total. The number of nitrogen functional groups attached to an aromatic ring is 1. The highest BCUT2D eigenvalue weighted by Crippen LogP contribution is 2.41. The summed E-state index contributed by atoms with van der Waals surface area (Å²) in [5.74, 6) is 8.65. The second kappa shape index (κ2) is 12.9. The number of piperidine rings is 1. The maximum absolute atomic E-state index is 7.07. The van der Waals surface area contributed by atoms with Crippen molar-refractivity contribution in [3.63, 3.8) is 0 Å². The molecule has 1 heterocycles. The van der Waals surface area contributed by atoms with Gasteiger partial charge in [0.25, 0.3) is 0 Å². The van der Waals surface area contributed by atoms with E-state index in [2.05, 4.69) is 73.3 Å². The van der Waals surface area contributed by atoms with Gasteiger partial charge < -0.3 is 16.4 Å². The van der Waals surface area contributed by atoms with E-state index in [4.69, 9.17) is 22.4 Å². The fourth-order valence-electron chi connectivity index (χ4n) is 7.01. The molecule has 0 amide bonds. The first-order valence-electron chi connectivity index (χ1n) is 15.7. The highest BCUT2D eigenvalue weighted by molar-refractivity contribution is 6.03. The average Bonchev–Trinajstić information content (AvgIpc) is 3.06. The third kappa shape index (κ3) is 5.89. The summed E-state index contributed by atoms with van der Waals surface area (Å²) < 4.78 is 0. The van der Waals surface area contributed by atoms with Crippen LogP contribution in [0.4, 0.5) is 11.4 Å². The van der Waals surface area contributed by atoms with E-state index in [0.29, 0.717) is 17.7 Å². The second-order valence-corrected chi connectivity index (χ2v) is 12.3. The molecule has 0 spiro atoms. The lowest BCUT2D eigenvalue weighted by Crippen LogP contribution is -2.50. The summed E-state index contributed by atoms with van der Waals surface area (Å²) in [5.41, 5.74) is 20.1. The highest BCUT2D eigenvalue weighted by atomic mass is 15.7. The summed E-state index contributed by atoms with van der Waals surface area (Å²) in [6, 6.07) is 44.9. The normalized spacial score (nSPS) is 17.2. The third-order valence-corrected chi connectivity index (χ3v) is 8.88. The Labute approximate surface area is 266 Å². The van der Waals surface area contributed by atoms with Crippen LogP contribution in [0.5, 0.6) is 0 Å². The van der Waals surface area contributed by atoms with Crippen molar-refractivity contribution in [1.29, 1.82) is 0 Å². The number of hydrogen-bond acceptors (Lipinski definition) is 5. The van der Waals surface area contributed by atoms with E-state index in [1.54, 1.807) is 0 Å². The van der Waals surface area contributed by atoms with Crippen molar-refractivity contribution in [3.8, 4) is 11.1 Å². The summed E-state index contributed by atoms with van der Waals surface area (Å²) in [4.78, 5) is 2.42. The molecule has 0 saturated carbocycles. The molecule has 6 heteroatoms. The van der Waals surface area contributed by atoms with Gasteiger partial charge in [0.15, 0.2) is 5.84 Å². The first kappa shape index (κ1) is 30.0. The average molecular weight is 595 g/mol. The molecule has 1 aliphatic heterocycles. The molecule has 0 bridgehead atoms. The second-order valence-electron chi connectivity index (χ2n) is 12.3. The van der Waals surface area contributed by atoms with Crippen LogP contribution in [0.3, 0.4) is 0 Å². The molecule has 6 rings (SSSR count). The first-order valence-corrected chi connectivity index (χ1v) is 15.7. The van der Waals surface area contributed by atoms with Crippen LogP contribution in [-0.4, -0.2) is 24.0 Å². The molecule has 45 heavy (non-hydrogen) atoms. The van der Waals surface area contributed by atoms with Gasteiger partial charge in [0.05, 0.1) is 11.4 Å². The van der Waals surface area contributed by atoms with Gasteiger partial charge in [0, 0.05) is 18.7 Å². The molecule has 6 N–H and O–H groups in total. The van der Waals surface area contributed by atoms with E-state index >= 15 is 0 Å². The monoisotopic (exact) mass is 594 g/mol. The van der Waals surface area contributed by atoms with Crippen LogP contribution < -0.4 is 22.2 Å². The maximum atomic E-state index is 7.07. The quantitative estimate of drug-likeness (QED) is 0.0441. The number of nitrogens with two attached hydrogens (primary N) is 3. The Hall–Kier alpha value is -5.07. The summed E-state index contributed by atoms with van der Waals surface area (Å²) in [6.07, 6.45) is 1.25. The van der Waals surface area contributed by atoms with E-state index in [1.165, 1.54) is 11.5 Å². The standard InChI is InChI=1S/C39H42N6/c1-28-24-29(2)27-44(26-28)37-23-22-30(25-36(37)40)34-20-12-13-21-35(34)38(41)43-45(42)39(31-14-6-3-7-15-31,32-16-8-4-9-17-32)33-18-10-5-11-19-33/h3-23,25,28-29H,24,26-27,40,42H2,1-2H3,(H2,41,43). The minimum atomic E-state index is -0.946. The van der Waals surface area contributed by atoms with Crippen molar-refractivity contribution < 1.29 is 0 Å². The van der Waals surface area contributed by atoms with Crippen molar-refractivity contribution in [3.05, 3.63) is 156 Å². The van der Waals surface area contributed by atoms with Gasteiger partial charge in [-0.15, -0.1) is 5.10 Å². The molecule has 1 aliphatic rings. The van der Waals surface area contributed by atoms with Crippen LogP contribution in [0, 0.1) is 11.8 Å². The number of hydrazine groups is 1. The molecule has 5 aromatic rings. The number of anilines is 2. The number of rotatable bonds is 8. The number of hydrazone groups is 1. The Kier molecular flexibility index (Phi) is 8.58. The smallest absolute Gasteiger partial charge is 0.153 e. The maximum Gasteiger partial charge on any atom is 0.153 e. The van der Waals surface area contributed by atoms with E-state index in [0.717, 1.165) is 57.8 Å². The Bertz CT molecular complexity index is 1650. The lowest BCUT2D eigenvalue weighted by molar-refractivity contribution is 0.167. The minimum absolute atomic E-state index is 0.307. The zero-order valence-electron chi connectivity index (χ0n) is 26.1. The van der Waals surface area contributed by atoms with Gasteiger partial charge in [0.2, 0.25) is 0 Å². The number of amidine groups is 1. The van der Waals surface area contributed by atoms with Crippen molar-refractivity contribution in [2.24, 2.45) is 28.5 Å². The Morgan fingerprint density at radius 1 is 0.711 bits per heavy atom. The molecular formula is C39H42N6. The zero-order valence-corrected chi connectivity index (χ0v) is 26.1. The predicted molar refractivity (Wildman–Crippen MR) is 187 cm³/mol. The molecule has 0 radical (unpaired) electrons. The third-order valence-electron chi connectivity index (χ3n) is 8.88.